The minimum absolute atomic E-state index is 0.0218. The van der Waals surface area contributed by atoms with Crippen LogP contribution in [-0.4, -0.2) is 40.2 Å². The van der Waals surface area contributed by atoms with Crippen molar-refractivity contribution >= 4 is 21.8 Å². The van der Waals surface area contributed by atoms with Crippen LogP contribution < -0.4 is 4.74 Å². The summed E-state index contributed by atoms with van der Waals surface area (Å²) in [6.07, 6.45) is 0.759. The summed E-state index contributed by atoms with van der Waals surface area (Å²) in [5.41, 5.74) is 1.53. The van der Waals surface area contributed by atoms with Gasteiger partial charge in [0, 0.05) is 23.5 Å². The second kappa shape index (κ2) is 6.44. The van der Waals surface area contributed by atoms with Gasteiger partial charge < -0.3 is 9.64 Å². The third-order valence-electron chi connectivity index (χ3n) is 3.60. The van der Waals surface area contributed by atoms with Crippen LogP contribution in [-0.2, 0) is 0 Å². The summed E-state index contributed by atoms with van der Waals surface area (Å²) in [4.78, 5) is 14.3. The minimum Gasteiger partial charge on any atom is -0.471 e. The molecule has 1 aliphatic rings. The molecular formula is C16H16BrN3O2. The number of aryl methyl sites for hydroxylation is 1. The number of nitrogens with zero attached hydrogens (tertiary/aromatic N) is 3. The van der Waals surface area contributed by atoms with E-state index in [2.05, 4.69) is 26.1 Å². The molecule has 0 spiro atoms. The van der Waals surface area contributed by atoms with Crippen LogP contribution in [0.4, 0.5) is 0 Å². The maximum atomic E-state index is 12.5. The number of amides is 1. The Hall–Kier alpha value is -1.95. The molecule has 5 nitrogen and oxygen atoms in total. The van der Waals surface area contributed by atoms with Crippen molar-refractivity contribution < 1.29 is 9.53 Å². The van der Waals surface area contributed by atoms with Gasteiger partial charge in [-0.25, -0.2) is 0 Å². The second-order valence-corrected chi connectivity index (χ2v) is 6.13. The van der Waals surface area contributed by atoms with E-state index >= 15 is 0 Å². The lowest BCUT2D eigenvalue weighted by atomic mass is 10.2. The number of hydrogen-bond donors (Lipinski definition) is 0. The highest BCUT2D eigenvalue weighted by molar-refractivity contribution is 9.10. The lowest BCUT2D eigenvalue weighted by Crippen LogP contribution is -2.31. The lowest BCUT2D eigenvalue weighted by molar-refractivity contribution is 0.0770. The minimum atomic E-state index is -0.0385. The topological polar surface area (TPSA) is 55.3 Å². The molecule has 1 atom stereocenters. The Morgan fingerprint density at radius 2 is 2.09 bits per heavy atom. The first kappa shape index (κ1) is 15.0. The average Bonchev–Trinajstić information content (AvgIpc) is 2.98. The fraction of sp³-hybridized carbons (Fsp3) is 0.312. The Kier molecular flexibility index (Phi) is 4.38. The van der Waals surface area contributed by atoms with Crippen molar-refractivity contribution in [3.05, 3.63) is 52.1 Å². The Labute approximate surface area is 137 Å². The first-order valence-corrected chi connectivity index (χ1v) is 7.93. The van der Waals surface area contributed by atoms with Gasteiger partial charge in [-0.3, -0.25) is 4.79 Å². The summed E-state index contributed by atoms with van der Waals surface area (Å²) in [6, 6.07) is 11.1. The normalized spacial score (nSPS) is 17.5. The van der Waals surface area contributed by atoms with Gasteiger partial charge >= 0.3 is 0 Å². The smallest absolute Gasteiger partial charge is 0.255 e. The maximum Gasteiger partial charge on any atom is 0.255 e. The van der Waals surface area contributed by atoms with E-state index in [1.807, 2.05) is 42.2 Å². The number of benzene rings is 1. The highest BCUT2D eigenvalue weighted by Gasteiger charge is 2.29. The summed E-state index contributed by atoms with van der Waals surface area (Å²) in [6.45, 7) is 3.13. The number of halogens is 1. The van der Waals surface area contributed by atoms with Gasteiger partial charge in [-0.1, -0.05) is 12.1 Å². The van der Waals surface area contributed by atoms with Crippen LogP contribution >= 0.6 is 15.9 Å². The molecule has 2 aromatic rings. The molecule has 1 aromatic heterocycles. The summed E-state index contributed by atoms with van der Waals surface area (Å²) in [7, 11) is 0. The second-order valence-electron chi connectivity index (χ2n) is 5.27. The van der Waals surface area contributed by atoms with E-state index in [-0.39, 0.29) is 12.0 Å². The molecule has 1 aromatic carbocycles. The number of likely N-dealkylation sites (tertiary alicyclic amines) is 1. The molecule has 0 saturated carbocycles. The van der Waals surface area contributed by atoms with E-state index in [4.69, 9.17) is 4.74 Å². The lowest BCUT2D eigenvalue weighted by Gasteiger charge is -2.17. The van der Waals surface area contributed by atoms with Crippen LogP contribution in [0.2, 0.25) is 0 Å². The monoisotopic (exact) mass is 361 g/mol. The molecule has 0 radical (unpaired) electrons. The summed E-state index contributed by atoms with van der Waals surface area (Å²) in [5, 5.41) is 7.97. The maximum absolute atomic E-state index is 12.5. The first-order chi connectivity index (χ1) is 10.6. The van der Waals surface area contributed by atoms with Crippen LogP contribution in [0.1, 0.15) is 22.5 Å². The molecule has 2 heterocycles. The van der Waals surface area contributed by atoms with Crippen molar-refractivity contribution in [2.24, 2.45) is 0 Å². The van der Waals surface area contributed by atoms with Crippen molar-refractivity contribution in [2.75, 3.05) is 13.1 Å². The number of ether oxygens (including phenoxy) is 1. The molecule has 1 amide bonds. The zero-order valence-electron chi connectivity index (χ0n) is 12.2. The van der Waals surface area contributed by atoms with Crippen LogP contribution in [0.25, 0.3) is 0 Å². The summed E-state index contributed by atoms with van der Waals surface area (Å²) in [5.74, 6) is 0.527. The standard InChI is InChI=1S/C16H16BrN3O2/c1-11-6-7-15(19-18-11)22-12-8-9-20(10-12)16(21)13-4-2-3-5-14(13)17/h2-7,12H,8-10H2,1H3. The van der Waals surface area contributed by atoms with Gasteiger partial charge in [-0.2, -0.15) is 5.10 Å². The predicted molar refractivity (Wildman–Crippen MR) is 85.8 cm³/mol. The molecular weight excluding hydrogens is 346 g/mol. The van der Waals surface area contributed by atoms with Crippen LogP contribution in [0.15, 0.2) is 40.9 Å². The van der Waals surface area contributed by atoms with Crippen molar-refractivity contribution in [1.82, 2.24) is 15.1 Å². The van der Waals surface area contributed by atoms with E-state index in [0.29, 0.717) is 24.5 Å². The first-order valence-electron chi connectivity index (χ1n) is 7.14. The van der Waals surface area contributed by atoms with Gasteiger partial charge in [0.05, 0.1) is 17.8 Å². The third-order valence-corrected chi connectivity index (χ3v) is 4.29. The summed E-state index contributed by atoms with van der Waals surface area (Å²) >= 11 is 3.42. The van der Waals surface area contributed by atoms with Crippen LogP contribution in [0, 0.1) is 6.92 Å². The molecule has 1 saturated heterocycles. The summed E-state index contributed by atoms with van der Waals surface area (Å²) < 4.78 is 6.61. The van der Waals surface area contributed by atoms with E-state index in [9.17, 15) is 4.79 Å². The van der Waals surface area contributed by atoms with Crippen molar-refractivity contribution in [2.45, 2.75) is 19.4 Å². The van der Waals surface area contributed by atoms with Gasteiger partial charge in [-0.05, 0) is 41.1 Å². The number of hydrogen-bond acceptors (Lipinski definition) is 4. The van der Waals surface area contributed by atoms with Crippen molar-refractivity contribution in [1.29, 1.82) is 0 Å². The van der Waals surface area contributed by atoms with Crippen molar-refractivity contribution in [3.8, 4) is 5.88 Å². The molecule has 1 fully saturated rings. The third kappa shape index (κ3) is 3.27. The molecule has 1 unspecified atom stereocenters. The molecule has 0 aliphatic carbocycles. The molecule has 22 heavy (non-hydrogen) atoms. The van der Waals surface area contributed by atoms with Crippen LogP contribution in [0.5, 0.6) is 5.88 Å². The number of aromatic nitrogens is 2. The quantitative estimate of drug-likeness (QED) is 0.843. The Morgan fingerprint density at radius 3 is 2.82 bits per heavy atom. The molecule has 114 valence electrons. The van der Waals surface area contributed by atoms with E-state index in [1.54, 1.807) is 6.07 Å². The Balaban J connectivity index is 1.63. The molecule has 6 heteroatoms. The zero-order chi connectivity index (χ0) is 15.5. The Morgan fingerprint density at radius 1 is 1.27 bits per heavy atom. The van der Waals surface area contributed by atoms with Gasteiger partial charge in [0.15, 0.2) is 0 Å². The number of carbonyl (C=O) groups excluding carboxylic acids is 1. The average molecular weight is 362 g/mol. The van der Waals surface area contributed by atoms with Gasteiger partial charge in [0.1, 0.15) is 6.10 Å². The van der Waals surface area contributed by atoms with Crippen LogP contribution in [0.3, 0.4) is 0 Å². The van der Waals surface area contributed by atoms with E-state index in [1.165, 1.54) is 0 Å². The zero-order valence-corrected chi connectivity index (χ0v) is 13.8. The number of carbonyl (C=O) groups is 1. The van der Waals surface area contributed by atoms with Gasteiger partial charge in [-0.15, -0.1) is 5.10 Å². The largest absolute Gasteiger partial charge is 0.471 e. The molecule has 1 aliphatic heterocycles. The SMILES string of the molecule is Cc1ccc(OC2CCN(C(=O)c3ccccc3Br)C2)nn1. The highest BCUT2D eigenvalue weighted by Crippen LogP contribution is 2.22. The number of rotatable bonds is 3. The highest BCUT2D eigenvalue weighted by atomic mass is 79.9. The van der Waals surface area contributed by atoms with Gasteiger partial charge in [0.2, 0.25) is 5.88 Å². The van der Waals surface area contributed by atoms with E-state index < -0.39 is 0 Å². The molecule has 3 rings (SSSR count). The van der Waals surface area contributed by atoms with E-state index in [0.717, 1.165) is 16.6 Å². The Bertz CT molecular complexity index is 675. The van der Waals surface area contributed by atoms with Crippen molar-refractivity contribution in [3.63, 3.8) is 0 Å². The molecule has 0 N–H and O–H groups in total. The fourth-order valence-corrected chi connectivity index (χ4v) is 2.89. The van der Waals surface area contributed by atoms with Gasteiger partial charge in [0.25, 0.3) is 5.91 Å². The molecule has 0 bridgehead atoms. The fourth-order valence-electron chi connectivity index (χ4n) is 2.43. The predicted octanol–water partition coefficient (Wildman–Crippen LogP) is 2.84.